The van der Waals surface area contributed by atoms with Crippen molar-refractivity contribution in [3.8, 4) is 0 Å². The lowest BCUT2D eigenvalue weighted by Crippen LogP contribution is -2.52. The molecule has 2 aromatic rings. The number of carbonyl (C=O) groups excluding carboxylic acids is 2. The summed E-state index contributed by atoms with van der Waals surface area (Å²) >= 11 is 24.3. The number of hydrogen-bond acceptors (Lipinski definition) is 4. The highest BCUT2D eigenvalue weighted by Gasteiger charge is 2.31. The second-order valence-electron chi connectivity index (χ2n) is 8.12. The van der Waals surface area contributed by atoms with Crippen LogP contribution in [0.2, 0.25) is 20.1 Å². The topological polar surface area (TPSA) is 86.8 Å². The van der Waals surface area contributed by atoms with Crippen LogP contribution in [0.3, 0.4) is 0 Å². The van der Waals surface area contributed by atoms with Crippen LogP contribution in [0, 0.1) is 0 Å². The van der Waals surface area contributed by atoms with Crippen LogP contribution in [0.4, 0.5) is 5.69 Å². The van der Waals surface area contributed by atoms with E-state index in [0.29, 0.717) is 22.0 Å². The van der Waals surface area contributed by atoms with Crippen LogP contribution in [0.5, 0.6) is 0 Å². The number of sulfonamides is 1. The molecule has 0 fully saturated rings. The maximum absolute atomic E-state index is 13.5. The summed E-state index contributed by atoms with van der Waals surface area (Å²) in [4.78, 5) is 27.7. The van der Waals surface area contributed by atoms with Gasteiger partial charge in [0.25, 0.3) is 0 Å². The zero-order chi connectivity index (χ0) is 26.5. The first-order chi connectivity index (χ1) is 16.2. The smallest absolute Gasteiger partial charge is 0.244 e. The summed E-state index contributed by atoms with van der Waals surface area (Å²) in [5.74, 6) is -0.988. The number of carbonyl (C=O) groups is 2. The first-order valence-electron chi connectivity index (χ1n) is 10.7. The average molecular weight is 583 g/mol. The first-order valence-corrected chi connectivity index (χ1v) is 14.1. The van der Waals surface area contributed by atoms with E-state index in [-0.39, 0.29) is 34.2 Å². The number of hydrogen-bond donors (Lipinski definition) is 1. The summed E-state index contributed by atoms with van der Waals surface area (Å²) in [6.45, 7) is 4.74. The normalized spacial score (nSPS) is 13.1. The molecule has 2 atom stereocenters. The van der Waals surface area contributed by atoms with E-state index in [4.69, 9.17) is 46.4 Å². The SMILES string of the molecule is CC[C@H](C)NC(=O)[C@@H](C)N(Cc1ccc(Cl)cc1Cl)C(=O)CN(c1ccc(Cl)c(Cl)c1)S(C)(=O)=O. The van der Waals surface area contributed by atoms with Crippen molar-refractivity contribution in [2.45, 2.75) is 45.8 Å². The number of nitrogens with zero attached hydrogens (tertiary/aromatic N) is 2. The summed E-state index contributed by atoms with van der Waals surface area (Å²) in [7, 11) is -3.89. The van der Waals surface area contributed by atoms with Crippen LogP contribution in [-0.2, 0) is 26.2 Å². The molecule has 1 N–H and O–H groups in total. The third kappa shape index (κ3) is 8.15. The van der Waals surface area contributed by atoms with Gasteiger partial charge in [-0.3, -0.25) is 13.9 Å². The molecule has 0 heterocycles. The molecule has 2 rings (SSSR count). The molecule has 0 aliphatic heterocycles. The van der Waals surface area contributed by atoms with Crippen LogP contribution in [-0.4, -0.2) is 50.0 Å². The minimum absolute atomic E-state index is 0.0388. The summed E-state index contributed by atoms with van der Waals surface area (Å²) in [6.07, 6.45) is 1.68. The van der Waals surface area contributed by atoms with Crippen molar-refractivity contribution in [1.29, 1.82) is 0 Å². The number of anilines is 1. The summed E-state index contributed by atoms with van der Waals surface area (Å²) in [5.41, 5.74) is 0.712. The largest absolute Gasteiger partial charge is 0.352 e. The third-order valence-electron chi connectivity index (χ3n) is 5.39. The van der Waals surface area contributed by atoms with Gasteiger partial charge >= 0.3 is 0 Å². The van der Waals surface area contributed by atoms with Crippen LogP contribution < -0.4 is 9.62 Å². The fourth-order valence-corrected chi connectivity index (χ4v) is 4.74. The van der Waals surface area contributed by atoms with Gasteiger partial charge in [-0.25, -0.2) is 8.42 Å². The number of amides is 2. The Labute approximate surface area is 226 Å². The van der Waals surface area contributed by atoms with Crippen LogP contribution in [0.15, 0.2) is 36.4 Å². The van der Waals surface area contributed by atoms with Crippen molar-refractivity contribution in [3.63, 3.8) is 0 Å². The van der Waals surface area contributed by atoms with E-state index in [0.717, 1.165) is 10.6 Å². The predicted molar refractivity (Wildman–Crippen MR) is 143 cm³/mol. The average Bonchev–Trinajstić information content (AvgIpc) is 2.77. The summed E-state index contributed by atoms with van der Waals surface area (Å²) in [5, 5.41) is 3.96. The molecule has 2 aromatic carbocycles. The number of rotatable bonds is 10. The minimum Gasteiger partial charge on any atom is -0.352 e. The van der Waals surface area contributed by atoms with Gasteiger partial charge in [-0.2, -0.15) is 0 Å². The van der Waals surface area contributed by atoms with Gasteiger partial charge in [-0.15, -0.1) is 0 Å². The highest BCUT2D eigenvalue weighted by atomic mass is 35.5. The Hall–Kier alpha value is -1.71. The van der Waals surface area contributed by atoms with Gasteiger partial charge in [-0.1, -0.05) is 59.4 Å². The molecule has 7 nitrogen and oxygen atoms in total. The Morgan fingerprint density at radius 1 is 0.971 bits per heavy atom. The van der Waals surface area contributed by atoms with E-state index in [2.05, 4.69) is 5.32 Å². The van der Waals surface area contributed by atoms with Gasteiger partial charge in [0.15, 0.2) is 0 Å². The Balaban J connectivity index is 2.44. The maximum Gasteiger partial charge on any atom is 0.244 e. The first kappa shape index (κ1) is 29.5. The van der Waals surface area contributed by atoms with E-state index >= 15 is 0 Å². The fraction of sp³-hybridized carbons (Fsp3) is 0.391. The zero-order valence-electron chi connectivity index (χ0n) is 19.7. The Bertz CT molecular complexity index is 1190. The van der Waals surface area contributed by atoms with E-state index in [1.54, 1.807) is 19.1 Å². The van der Waals surface area contributed by atoms with Crippen LogP contribution in [0.25, 0.3) is 0 Å². The molecular formula is C23H27Cl4N3O4S. The summed E-state index contributed by atoms with van der Waals surface area (Å²) in [6, 6.07) is 8.02. The van der Waals surface area contributed by atoms with E-state index in [1.165, 1.54) is 29.2 Å². The van der Waals surface area contributed by atoms with Crippen LogP contribution in [0.1, 0.15) is 32.8 Å². The lowest BCUT2D eigenvalue weighted by molar-refractivity contribution is -0.139. The molecule has 0 saturated carbocycles. The highest BCUT2D eigenvalue weighted by Crippen LogP contribution is 2.29. The molecule has 12 heteroatoms. The second-order valence-corrected chi connectivity index (χ2v) is 11.7. The van der Waals surface area contributed by atoms with E-state index in [1.807, 2.05) is 13.8 Å². The molecule has 0 spiro atoms. The molecule has 0 unspecified atom stereocenters. The Morgan fingerprint density at radius 3 is 2.17 bits per heavy atom. The monoisotopic (exact) mass is 581 g/mol. The third-order valence-corrected chi connectivity index (χ3v) is 7.86. The van der Waals surface area contributed by atoms with Crippen molar-refractivity contribution >= 4 is 73.9 Å². The van der Waals surface area contributed by atoms with Crippen molar-refractivity contribution < 1.29 is 18.0 Å². The molecular weight excluding hydrogens is 556 g/mol. The predicted octanol–water partition coefficient (Wildman–Crippen LogP) is 5.40. The van der Waals surface area contributed by atoms with Crippen molar-refractivity contribution in [1.82, 2.24) is 10.2 Å². The lowest BCUT2D eigenvalue weighted by Gasteiger charge is -2.32. The molecule has 0 aliphatic rings. The van der Waals surface area contributed by atoms with Crippen molar-refractivity contribution in [2.24, 2.45) is 0 Å². The molecule has 192 valence electrons. The van der Waals surface area contributed by atoms with Crippen molar-refractivity contribution in [3.05, 3.63) is 62.1 Å². The van der Waals surface area contributed by atoms with Gasteiger partial charge < -0.3 is 10.2 Å². The fourth-order valence-electron chi connectivity index (χ4n) is 3.14. The standard InChI is InChI=1S/C23H27Cl4N3O4S/c1-5-14(2)28-23(32)15(3)29(12-16-6-7-17(24)10-20(16)26)22(31)13-30(35(4,33)34)18-8-9-19(25)21(27)11-18/h6-11,14-15H,5,12-13H2,1-4H3,(H,28,32)/t14-,15+/m0/s1. The van der Waals surface area contributed by atoms with Gasteiger partial charge in [0.2, 0.25) is 21.8 Å². The van der Waals surface area contributed by atoms with Crippen molar-refractivity contribution in [2.75, 3.05) is 17.1 Å². The van der Waals surface area contributed by atoms with E-state index in [9.17, 15) is 18.0 Å². The van der Waals surface area contributed by atoms with Gasteiger partial charge in [0.05, 0.1) is 22.0 Å². The molecule has 0 aromatic heterocycles. The van der Waals surface area contributed by atoms with Gasteiger partial charge in [0, 0.05) is 22.6 Å². The van der Waals surface area contributed by atoms with E-state index < -0.39 is 28.5 Å². The number of benzene rings is 2. The minimum atomic E-state index is -3.89. The van der Waals surface area contributed by atoms with Gasteiger partial charge in [0.1, 0.15) is 12.6 Å². The quantitative estimate of drug-likeness (QED) is 0.406. The molecule has 0 radical (unpaired) electrons. The maximum atomic E-state index is 13.5. The Kier molecular flexibility index (Phi) is 10.5. The molecule has 0 aliphatic carbocycles. The second kappa shape index (κ2) is 12.5. The zero-order valence-corrected chi connectivity index (χ0v) is 23.5. The number of nitrogens with one attached hydrogen (secondary N) is 1. The molecule has 35 heavy (non-hydrogen) atoms. The summed E-state index contributed by atoms with van der Waals surface area (Å²) < 4.78 is 26.1. The highest BCUT2D eigenvalue weighted by molar-refractivity contribution is 7.92. The Morgan fingerprint density at radius 2 is 1.63 bits per heavy atom. The lowest BCUT2D eigenvalue weighted by atomic mass is 10.1. The molecule has 2 amide bonds. The number of halogens is 4. The van der Waals surface area contributed by atoms with Gasteiger partial charge in [-0.05, 0) is 56.2 Å². The molecule has 0 saturated heterocycles. The van der Waals surface area contributed by atoms with Crippen LogP contribution >= 0.6 is 46.4 Å². The molecule has 0 bridgehead atoms.